The summed E-state index contributed by atoms with van der Waals surface area (Å²) in [4.78, 5) is 38.4. The number of amides is 2. The topological polar surface area (TPSA) is 87.2 Å². The van der Waals surface area contributed by atoms with Gasteiger partial charge in [0.25, 0.3) is 5.91 Å². The fourth-order valence-electron chi connectivity index (χ4n) is 2.61. The summed E-state index contributed by atoms with van der Waals surface area (Å²) in [6, 6.07) is 6.98. The van der Waals surface area contributed by atoms with E-state index < -0.39 is 5.97 Å². The van der Waals surface area contributed by atoms with Crippen LogP contribution in [-0.2, 0) is 14.4 Å². The highest BCUT2D eigenvalue weighted by molar-refractivity contribution is 5.98. The first kappa shape index (κ1) is 17.8. The molecule has 0 aromatic heterocycles. The van der Waals surface area contributed by atoms with Crippen LogP contribution in [0.1, 0.15) is 26.7 Å². The highest BCUT2D eigenvalue weighted by Crippen LogP contribution is 2.31. The molecule has 1 unspecified atom stereocenters. The van der Waals surface area contributed by atoms with E-state index in [4.69, 9.17) is 9.84 Å². The number of para-hydroxylation sites is 2. The number of fused-ring (bicyclic) bond motifs is 1. The molecule has 1 aromatic carbocycles. The number of aliphatic carboxylic acids is 1. The molecular formula is C17H22N2O5. The molecular weight excluding hydrogens is 312 g/mol. The van der Waals surface area contributed by atoms with Crippen molar-refractivity contribution >= 4 is 23.5 Å². The highest BCUT2D eigenvalue weighted by Gasteiger charge is 2.27. The maximum Gasteiger partial charge on any atom is 0.323 e. The van der Waals surface area contributed by atoms with Gasteiger partial charge in [0.05, 0.1) is 5.69 Å². The van der Waals surface area contributed by atoms with Crippen LogP contribution in [0.15, 0.2) is 24.3 Å². The van der Waals surface area contributed by atoms with Gasteiger partial charge in [0, 0.05) is 19.0 Å². The number of carbonyl (C=O) groups is 3. The first-order chi connectivity index (χ1) is 11.4. The minimum atomic E-state index is -1.04. The summed E-state index contributed by atoms with van der Waals surface area (Å²) in [5, 5.41) is 8.99. The maximum atomic E-state index is 12.4. The van der Waals surface area contributed by atoms with E-state index in [0.717, 1.165) is 0 Å². The summed E-state index contributed by atoms with van der Waals surface area (Å²) in [6.07, 6.45) is 0.732. The van der Waals surface area contributed by atoms with Gasteiger partial charge >= 0.3 is 5.97 Å². The van der Waals surface area contributed by atoms with Crippen LogP contribution in [0.5, 0.6) is 5.75 Å². The third-order valence-corrected chi connectivity index (χ3v) is 4.11. The van der Waals surface area contributed by atoms with Crippen LogP contribution in [0.3, 0.4) is 0 Å². The molecule has 1 heterocycles. The highest BCUT2D eigenvalue weighted by atomic mass is 16.5. The molecule has 2 amide bonds. The summed E-state index contributed by atoms with van der Waals surface area (Å²) in [5.74, 6) is -0.927. The summed E-state index contributed by atoms with van der Waals surface area (Å²) in [7, 11) is 0. The lowest BCUT2D eigenvalue weighted by atomic mass is 10.2. The molecule has 0 bridgehead atoms. The molecule has 1 aliphatic heterocycles. The molecule has 1 atom stereocenters. The van der Waals surface area contributed by atoms with Crippen molar-refractivity contribution in [3.8, 4) is 5.75 Å². The van der Waals surface area contributed by atoms with E-state index in [2.05, 4.69) is 0 Å². The quantitative estimate of drug-likeness (QED) is 0.817. The number of ether oxygens (including phenoxy) is 1. The van der Waals surface area contributed by atoms with Gasteiger partial charge in [-0.05, 0) is 25.5 Å². The van der Waals surface area contributed by atoms with E-state index in [-0.39, 0.29) is 44.0 Å². The predicted octanol–water partition coefficient (Wildman–Crippen LogP) is 1.51. The molecule has 0 spiro atoms. The van der Waals surface area contributed by atoms with Crippen LogP contribution in [-0.4, -0.2) is 53.5 Å². The number of anilines is 1. The lowest BCUT2D eigenvalue weighted by Gasteiger charge is -2.31. The second-order valence-electron chi connectivity index (χ2n) is 5.72. The van der Waals surface area contributed by atoms with Crippen LogP contribution in [0.4, 0.5) is 5.69 Å². The Balaban J connectivity index is 2.07. The summed E-state index contributed by atoms with van der Waals surface area (Å²) in [5.41, 5.74) is 0.634. The Kier molecular flexibility index (Phi) is 5.78. The molecule has 0 saturated heterocycles. The number of hydrogen-bond acceptors (Lipinski definition) is 4. The van der Waals surface area contributed by atoms with Crippen molar-refractivity contribution in [2.75, 3.05) is 24.6 Å². The number of hydrogen-bond donors (Lipinski definition) is 1. The van der Waals surface area contributed by atoms with Crippen molar-refractivity contribution in [2.24, 2.45) is 0 Å². The van der Waals surface area contributed by atoms with E-state index in [1.54, 1.807) is 18.2 Å². The van der Waals surface area contributed by atoms with Gasteiger partial charge in [0.15, 0.2) is 6.61 Å². The molecule has 1 N–H and O–H groups in total. The number of benzene rings is 1. The monoisotopic (exact) mass is 334 g/mol. The molecule has 2 rings (SSSR count). The standard InChI is InChI=1S/C17H22N2O5/c1-3-12(2)19(10-17(22)23)15(20)8-9-18-13-6-4-5-7-14(13)24-11-16(18)21/h4-7,12H,3,8-11H2,1-2H3,(H,22,23). The molecule has 0 radical (unpaired) electrons. The van der Waals surface area contributed by atoms with E-state index in [1.165, 1.54) is 9.80 Å². The normalized spacial score (nSPS) is 14.6. The number of nitrogens with zero attached hydrogens (tertiary/aromatic N) is 2. The zero-order valence-corrected chi connectivity index (χ0v) is 13.9. The summed E-state index contributed by atoms with van der Waals surface area (Å²) < 4.78 is 5.36. The van der Waals surface area contributed by atoms with Crippen LogP contribution in [0.2, 0.25) is 0 Å². The Labute approximate surface area is 140 Å². The molecule has 1 aliphatic rings. The van der Waals surface area contributed by atoms with Crippen LogP contribution >= 0.6 is 0 Å². The lowest BCUT2D eigenvalue weighted by Crippen LogP contribution is -2.45. The van der Waals surface area contributed by atoms with Crippen molar-refractivity contribution in [1.82, 2.24) is 4.90 Å². The maximum absolute atomic E-state index is 12.4. The van der Waals surface area contributed by atoms with Crippen LogP contribution in [0.25, 0.3) is 0 Å². The Morgan fingerprint density at radius 3 is 2.75 bits per heavy atom. The first-order valence-corrected chi connectivity index (χ1v) is 7.97. The molecule has 1 aromatic rings. The van der Waals surface area contributed by atoms with Gasteiger partial charge in [-0.25, -0.2) is 0 Å². The van der Waals surface area contributed by atoms with Gasteiger partial charge in [-0.1, -0.05) is 19.1 Å². The van der Waals surface area contributed by atoms with Crippen molar-refractivity contribution in [3.63, 3.8) is 0 Å². The van der Waals surface area contributed by atoms with Gasteiger partial charge in [0.2, 0.25) is 5.91 Å². The first-order valence-electron chi connectivity index (χ1n) is 7.97. The smallest absolute Gasteiger partial charge is 0.323 e. The number of carboxylic acids is 1. The number of carboxylic acid groups (broad SMARTS) is 1. The fourth-order valence-corrected chi connectivity index (χ4v) is 2.61. The fraction of sp³-hybridized carbons (Fsp3) is 0.471. The Morgan fingerprint density at radius 1 is 1.38 bits per heavy atom. The number of carbonyl (C=O) groups excluding carboxylic acids is 2. The molecule has 0 saturated carbocycles. The molecule has 0 aliphatic carbocycles. The van der Waals surface area contributed by atoms with Gasteiger partial charge in [0.1, 0.15) is 12.3 Å². The molecule has 24 heavy (non-hydrogen) atoms. The Bertz CT molecular complexity index is 631. The van der Waals surface area contributed by atoms with Crippen molar-refractivity contribution in [2.45, 2.75) is 32.7 Å². The van der Waals surface area contributed by atoms with E-state index in [1.807, 2.05) is 19.9 Å². The molecule has 0 fully saturated rings. The molecule has 130 valence electrons. The minimum absolute atomic E-state index is 0.0601. The number of rotatable bonds is 7. The second kappa shape index (κ2) is 7.81. The predicted molar refractivity (Wildman–Crippen MR) is 88.0 cm³/mol. The zero-order valence-electron chi connectivity index (χ0n) is 13.9. The Hall–Kier alpha value is -2.57. The van der Waals surface area contributed by atoms with E-state index in [9.17, 15) is 14.4 Å². The second-order valence-corrected chi connectivity index (χ2v) is 5.72. The average molecular weight is 334 g/mol. The average Bonchev–Trinajstić information content (AvgIpc) is 2.57. The van der Waals surface area contributed by atoms with Gasteiger partial charge in [-0.2, -0.15) is 0 Å². The van der Waals surface area contributed by atoms with Crippen LogP contribution in [0, 0.1) is 0 Å². The van der Waals surface area contributed by atoms with Crippen LogP contribution < -0.4 is 9.64 Å². The third kappa shape index (κ3) is 4.04. The van der Waals surface area contributed by atoms with Gasteiger partial charge < -0.3 is 19.6 Å². The minimum Gasteiger partial charge on any atom is -0.482 e. The van der Waals surface area contributed by atoms with Crippen molar-refractivity contribution in [3.05, 3.63) is 24.3 Å². The van der Waals surface area contributed by atoms with Crippen molar-refractivity contribution in [1.29, 1.82) is 0 Å². The Morgan fingerprint density at radius 2 is 2.08 bits per heavy atom. The zero-order chi connectivity index (χ0) is 17.7. The third-order valence-electron chi connectivity index (χ3n) is 4.11. The largest absolute Gasteiger partial charge is 0.482 e. The lowest BCUT2D eigenvalue weighted by molar-refractivity contribution is -0.146. The SMILES string of the molecule is CCC(C)N(CC(=O)O)C(=O)CCN1C(=O)COc2ccccc21. The van der Waals surface area contributed by atoms with Crippen molar-refractivity contribution < 1.29 is 24.2 Å². The summed E-state index contributed by atoms with van der Waals surface area (Å²) >= 11 is 0. The summed E-state index contributed by atoms with van der Waals surface area (Å²) in [6.45, 7) is 3.52. The van der Waals surface area contributed by atoms with E-state index >= 15 is 0 Å². The molecule has 7 heteroatoms. The molecule has 7 nitrogen and oxygen atoms in total. The van der Waals surface area contributed by atoms with Gasteiger partial charge in [-0.15, -0.1) is 0 Å². The van der Waals surface area contributed by atoms with Gasteiger partial charge in [-0.3, -0.25) is 14.4 Å². The van der Waals surface area contributed by atoms with E-state index in [0.29, 0.717) is 17.9 Å².